The van der Waals surface area contributed by atoms with Crippen molar-refractivity contribution in [2.24, 2.45) is 28.1 Å². The number of aliphatic hydroxyl groups is 1. The summed E-state index contributed by atoms with van der Waals surface area (Å²) in [6.45, 7) is 1.18. The highest BCUT2D eigenvalue weighted by molar-refractivity contribution is 6.00. The summed E-state index contributed by atoms with van der Waals surface area (Å²) in [5.41, 5.74) is 19.6. The Kier molecular flexibility index (Phi) is 29.4. The van der Waals surface area contributed by atoms with E-state index in [1.807, 2.05) is 0 Å². The number of carboxylic acids is 1. The number of aliphatic hydroxyl groups excluding tert-OH is 1. The largest absolute Gasteiger partial charge is 0.508 e. The van der Waals surface area contributed by atoms with Gasteiger partial charge in [0, 0.05) is 91.3 Å². The lowest BCUT2D eigenvalue weighted by Gasteiger charge is -2.30. The first kappa shape index (κ1) is 81.2. The van der Waals surface area contributed by atoms with Crippen LogP contribution in [0.4, 0.5) is 13.2 Å². The predicted molar refractivity (Wildman–Crippen MR) is 371 cm³/mol. The zero-order valence-corrected chi connectivity index (χ0v) is 57.6. The molecular weight excluding hydrogens is 1400 g/mol. The Bertz CT molecular complexity index is 4140. The number of rotatable bonds is 35. The average Bonchev–Trinajstić information content (AvgIpc) is 1.65. The van der Waals surface area contributed by atoms with Crippen molar-refractivity contribution in [1.82, 2.24) is 72.7 Å². The molecule has 0 radical (unpaired) electrons. The number of primary amides is 1. The number of aliphatic carboxylic acids is 1. The zero-order chi connectivity index (χ0) is 77.4. The number of H-pyrrole nitrogens is 3. The van der Waals surface area contributed by atoms with E-state index < -0.39 is 151 Å². The topological polar surface area (TPSA) is 554 Å². The SMILES string of the molecule is CC(C)C[C@H](NC(=O)[C@@H](Cc1c[nH]c2ccccc12)NC(=O)[C@H](Cc1ccc(O)cc1)NC(=O)[C@H](COC(=O)CO)NC(=O)[C@H](Cc1c[nH]c2ccccc12)NC(=O)[C@H](Cc1cnc[nH]1)NC(=O)[C@@H]1CCC(=O)N1)C(=O)N[C@@H](CCCN=C(N)N)C(=O)N1CCC[C@H]1C(=O)NCC(N)=O.O=C(O)C(F)(F)F. The number of guanidine groups is 1. The van der Waals surface area contributed by atoms with Gasteiger partial charge < -0.3 is 105 Å². The third-order valence-corrected chi connectivity index (χ3v) is 17.0. The van der Waals surface area contributed by atoms with Gasteiger partial charge in [0.05, 0.1) is 12.9 Å². The van der Waals surface area contributed by atoms with Crippen LogP contribution < -0.4 is 65.1 Å². The van der Waals surface area contributed by atoms with Crippen LogP contribution in [-0.2, 0) is 92.7 Å². The fourth-order valence-electron chi connectivity index (χ4n) is 11.7. The summed E-state index contributed by atoms with van der Waals surface area (Å²) in [7, 11) is 0. The number of nitrogens with one attached hydrogen (secondary N) is 12. The van der Waals surface area contributed by atoms with Gasteiger partial charge in [-0.05, 0) is 85.4 Å². The Morgan fingerprint density at radius 3 is 1.70 bits per heavy atom. The lowest BCUT2D eigenvalue weighted by molar-refractivity contribution is -0.192. The number of para-hydroxylation sites is 2. The highest BCUT2D eigenvalue weighted by Gasteiger charge is 2.41. The molecular formula is C68H85F3N18O17. The van der Waals surface area contributed by atoms with Crippen LogP contribution in [0.1, 0.15) is 81.2 Å². The lowest BCUT2D eigenvalue weighted by atomic mass is 9.99. The van der Waals surface area contributed by atoms with Crippen molar-refractivity contribution in [3.63, 3.8) is 0 Å². The fraction of sp³-hybridized carbons (Fsp3) is 0.426. The van der Waals surface area contributed by atoms with E-state index in [1.54, 1.807) is 74.8 Å². The predicted octanol–water partition coefficient (Wildman–Crippen LogP) is -2.12. The monoisotopic (exact) mass is 1480 g/mol. The standard InChI is InChI=1S/C66H84N18O15.C2HF3O2/c1-35(2)23-47(58(91)77-46(13-7-21-71-66(68)69)65(98)84-22-8-14-53(84)64(97)74-31-54(67)87)78-60(93)49(25-37-28-72-43-11-5-3-9-41(37)43)80-59(92)48(24-36-15-17-40(86)18-16-36)79-63(96)52(33-99-56(89)32-85)83-61(94)50(26-38-29-73-44-12-6-4-10-42(38)44)81-62(95)51(27-39-30-70-34-75-39)82-57(90)45-19-20-55(88)76-45;3-2(4,5)1(6)7/h3-6,9-12,15-18,28-30,34-35,45-53,72-73,85-86H,7-8,13-14,19-27,31-33H2,1-2H3,(H2,67,87)(H,70,75)(H,74,97)(H,76,88)(H,77,91)(H,78,93)(H,79,96)(H,80,92)(H,81,95)(H,82,90)(H,83,94)(H4,68,69,71);(H,6,7)/t45-,46-,47-,48-,49+,50-,51-,52-,53-;/m0./s1. The molecule has 35 nitrogen and oxygen atoms in total. The van der Waals surface area contributed by atoms with Gasteiger partial charge in [0.1, 0.15) is 73.3 Å². The summed E-state index contributed by atoms with van der Waals surface area (Å²) in [5, 5.41) is 52.4. The number of hydrogen-bond acceptors (Lipinski definition) is 18. The van der Waals surface area contributed by atoms with Crippen molar-refractivity contribution in [3.05, 3.63) is 120 Å². The number of halogens is 3. The average molecular weight is 1480 g/mol. The summed E-state index contributed by atoms with van der Waals surface area (Å²) < 4.78 is 37.0. The first-order valence-electron chi connectivity index (χ1n) is 33.6. The second-order valence-corrected chi connectivity index (χ2v) is 25.5. The van der Waals surface area contributed by atoms with E-state index in [2.05, 4.69) is 72.8 Å². The molecule has 0 bridgehead atoms. The fourth-order valence-corrected chi connectivity index (χ4v) is 11.7. The quantitative estimate of drug-likeness (QED) is 0.00875. The van der Waals surface area contributed by atoms with E-state index in [9.17, 15) is 61.7 Å². The highest BCUT2D eigenvalue weighted by Crippen LogP contribution is 2.24. The number of aromatic hydroxyl groups is 1. The number of ether oxygens (including phenoxy) is 1. The number of aromatic amines is 3. The number of phenols is 1. The first-order valence-corrected chi connectivity index (χ1v) is 33.6. The molecule has 2 fully saturated rings. The number of benzene rings is 3. The second-order valence-electron chi connectivity index (χ2n) is 25.5. The third kappa shape index (κ3) is 24.3. The van der Waals surface area contributed by atoms with Crippen LogP contribution in [-0.4, -0.2) is 216 Å². The number of nitrogens with two attached hydrogens (primary N) is 3. The smallest absolute Gasteiger partial charge is 0.490 e. The minimum Gasteiger partial charge on any atom is -0.508 e. The van der Waals surface area contributed by atoms with Crippen LogP contribution in [0.15, 0.2) is 103 Å². The summed E-state index contributed by atoms with van der Waals surface area (Å²) in [6, 6.07) is 7.00. The Labute approximate surface area is 602 Å². The van der Waals surface area contributed by atoms with Gasteiger partial charge in [0.15, 0.2) is 5.96 Å². The summed E-state index contributed by atoms with van der Waals surface area (Å²) in [4.78, 5) is 195. The normalized spacial score (nSPS) is 16.0. The molecule has 0 spiro atoms. The number of phenolic OH excluding ortho intramolecular Hbond substituents is 1. The van der Waals surface area contributed by atoms with Crippen molar-refractivity contribution >= 4 is 105 Å². The molecule has 2 aliphatic rings. The van der Waals surface area contributed by atoms with Gasteiger partial charge in [-0.15, -0.1) is 0 Å². The van der Waals surface area contributed by atoms with E-state index in [4.69, 9.17) is 31.8 Å². The number of carbonyl (C=O) groups is 13. The molecule has 0 unspecified atom stereocenters. The van der Waals surface area contributed by atoms with E-state index in [-0.39, 0.29) is 101 Å². The van der Waals surface area contributed by atoms with Gasteiger partial charge in [0.25, 0.3) is 0 Å². The summed E-state index contributed by atoms with van der Waals surface area (Å²) in [6.07, 6.45) is 0.971. The first-order chi connectivity index (χ1) is 50.4. The Balaban J connectivity index is 0.00000213. The van der Waals surface area contributed by atoms with Crippen LogP contribution in [0.5, 0.6) is 5.75 Å². The Morgan fingerprint density at radius 2 is 1.19 bits per heavy atom. The number of carbonyl (C=O) groups excluding carboxylic acids is 12. The van der Waals surface area contributed by atoms with Crippen molar-refractivity contribution in [2.45, 2.75) is 145 Å². The molecule has 8 rings (SSSR count). The molecule has 3 aromatic heterocycles. The number of carboxylic acid groups (broad SMARTS) is 1. The number of nitrogens with zero attached hydrogens (tertiary/aromatic N) is 3. The molecule has 21 N–H and O–H groups in total. The molecule has 9 atom stereocenters. The van der Waals surface area contributed by atoms with Crippen LogP contribution in [0.2, 0.25) is 0 Å². The number of aliphatic imine (C=N–C) groups is 1. The van der Waals surface area contributed by atoms with Gasteiger partial charge in [0.2, 0.25) is 65.0 Å². The third-order valence-electron chi connectivity index (χ3n) is 17.0. The lowest BCUT2D eigenvalue weighted by Crippen LogP contribution is -2.62. The van der Waals surface area contributed by atoms with Crippen molar-refractivity contribution < 1.29 is 95.6 Å². The number of fused-ring (bicyclic) bond motifs is 2. The molecule has 3 aromatic carbocycles. The van der Waals surface area contributed by atoms with Crippen molar-refractivity contribution in [3.8, 4) is 5.75 Å². The van der Waals surface area contributed by atoms with Gasteiger partial charge in [-0.1, -0.05) is 62.4 Å². The van der Waals surface area contributed by atoms with Gasteiger partial charge in [-0.3, -0.25) is 57.7 Å². The van der Waals surface area contributed by atoms with Crippen molar-refractivity contribution in [2.75, 3.05) is 32.8 Å². The number of amides is 11. The molecule has 38 heteroatoms. The van der Waals surface area contributed by atoms with Crippen LogP contribution in [0.3, 0.4) is 0 Å². The van der Waals surface area contributed by atoms with Gasteiger partial charge in [-0.2, -0.15) is 13.2 Å². The van der Waals surface area contributed by atoms with Crippen LogP contribution in [0, 0.1) is 5.92 Å². The van der Waals surface area contributed by atoms with Crippen LogP contribution in [0.25, 0.3) is 21.8 Å². The van der Waals surface area contributed by atoms with Crippen molar-refractivity contribution in [1.29, 1.82) is 0 Å². The molecule has 0 aliphatic carbocycles. The highest BCUT2D eigenvalue weighted by atomic mass is 19.4. The molecule has 570 valence electrons. The zero-order valence-electron chi connectivity index (χ0n) is 57.6. The Hall–Kier alpha value is -12.1. The maximum absolute atomic E-state index is 15.3. The number of hydrogen-bond donors (Lipinski definition) is 18. The summed E-state index contributed by atoms with van der Waals surface area (Å²) in [5.74, 6) is -13.5. The molecule has 6 aromatic rings. The number of likely N-dealkylation sites (tertiary alicyclic amines) is 1. The molecule has 0 saturated carbocycles. The maximum atomic E-state index is 15.3. The van der Waals surface area contributed by atoms with Gasteiger partial charge in [-0.25, -0.2) is 14.6 Å². The number of imidazole rings is 1. The molecule has 2 aliphatic heterocycles. The maximum Gasteiger partial charge on any atom is 0.490 e. The number of esters is 1. The second kappa shape index (κ2) is 38.4. The van der Waals surface area contributed by atoms with E-state index >= 15 is 19.2 Å². The molecule has 106 heavy (non-hydrogen) atoms. The van der Waals surface area contributed by atoms with E-state index in [0.717, 1.165) is 0 Å². The van der Waals surface area contributed by atoms with E-state index in [1.165, 1.54) is 41.7 Å². The Morgan fingerprint density at radius 1 is 0.670 bits per heavy atom. The van der Waals surface area contributed by atoms with Gasteiger partial charge >= 0.3 is 18.1 Å². The van der Waals surface area contributed by atoms with E-state index in [0.29, 0.717) is 50.6 Å². The minimum atomic E-state index is -5.08. The number of aromatic nitrogens is 4. The number of alkyl halides is 3. The molecule has 2 saturated heterocycles. The molecule has 11 amide bonds. The molecule has 5 heterocycles. The van der Waals surface area contributed by atoms with Crippen LogP contribution >= 0.6 is 0 Å². The minimum absolute atomic E-state index is 0.00838. The summed E-state index contributed by atoms with van der Waals surface area (Å²) >= 11 is 0.